The van der Waals surface area contributed by atoms with Crippen LogP contribution in [0.5, 0.6) is 0 Å². The smallest absolute Gasteiger partial charge is 0.413 e. The zero-order chi connectivity index (χ0) is 24.4. The molecular weight excluding hydrogens is 444 g/mol. The molecule has 0 bridgehead atoms. The fraction of sp³-hybridized carbons (Fsp3) is 0.185. The highest BCUT2D eigenvalue weighted by Gasteiger charge is 2.51. The van der Waals surface area contributed by atoms with Crippen molar-refractivity contribution in [2.24, 2.45) is 7.05 Å². The lowest BCUT2D eigenvalue weighted by Crippen LogP contribution is -2.19. The van der Waals surface area contributed by atoms with Gasteiger partial charge in [0.25, 0.3) is 0 Å². The number of amides is 1. The average molecular weight is 469 g/mol. The molecule has 8 heteroatoms. The lowest BCUT2D eigenvalue weighted by atomic mass is 9.93. The van der Waals surface area contributed by atoms with Gasteiger partial charge in [-0.3, -0.25) is 10.1 Å². The number of ether oxygens (including phenoxy) is 1. The zero-order valence-corrected chi connectivity index (χ0v) is 19.1. The summed E-state index contributed by atoms with van der Waals surface area (Å²) in [7, 11) is 1.76. The largest absolute Gasteiger partial charge is 0.481 e. The van der Waals surface area contributed by atoms with Gasteiger partial charge in [0.15, 0.2) is 5.82 Å². The normalized spacial score (nSPS) is 13.7. The van der Waals surface area contributed by atoms with Crippen molar-refractivity contribution in [2.45, 2.75) is 24.9 Å². The Morgan fingerprint density at radius 2 is 1.54 bits per heavy atom. The molecule has 0 saturated heterocycles. The van der Waals surface area contributed by atoms with Gasteiger partial charge in [0.05, 0.1) is 5.41 Å². The maximum absolute atomic E-state index is 12.3. The maximum Gasteiger partial charge on any atom is 0.413 e. The molecule has 1 aliphatic carbocycles. The van der Waals surface area contributed by atoms with Crippen LogP contribution in [-0.2, 0) is 28.6 Å². The van der Waals surface area contributed by atoms with Gasteiger partial charge in [-0.1, -0.05) is 84.1 Å². The molecule has 0 spiro atoms. The molecule has 1 aromatic heterocycles. The van der Waals surface area contributed by atoms with E-state index in [1.807, 2.05) is 78.9 Å². The van der Waals surface area contributed by atoms with Crippen molar-refractivity contribution in [2.75, 3.05) is 5.32 Å². The molecule has 0 aliphatic heterocycles. The van der Waals surface area contributed by atoms with Crippen LogP contribution in [-0.4, -0.2) is 32.2 Å². The van der Waals surface area contributed by atoms with E-state index >= 15 is 0 Å². The van der Waals surface area contributed by atoms with Crippen molar-refractivity contribution < 1.29 is 19.4 Å². The summed E-state index contributed by atoms with van der Waals surface area (Å²) in [5.41, 5.74) is 4.50. The van der Waals surface area contributed by atoms with Crippen LogP contribution in [0.15, 0.2) is 78.9 Å². The molecule has 3 aromatic carbocycles. The quantitative estimate of drug-likeness (QED) is 0.395. The first-order valence-electron chi connectivity index (χ1n) is 11.3. The van der Waals surface area contributed by atoms with Crippen LogP contribution in [0, 0.1) is 0 Å². The third kappa shape index (κ3) is 4.50. The van der Waals surface area contributed by atoms with Crippen LogP contribution in [0.1, 0.15) is 24.0 Å². The van der Waals surface area contributed by atoms with E-state index < -0.39 is 17.5 Å². The summed E-state index contributed by atoms with van der Waals surface area (Å²) in [6.45, 7) is 0.156. The summed E-state index contributed by atoms with van der Waals surface area (Å²) in [6.07, 6.45) is 0.762. The Balaban J connectivity index is 1.29. The standard InChI is InChI=1S/C27H24N4O4/c1-31-23(24(29-30-31)28-26(34)35-17-18-5-3-2-4-6-18)21-9-7-19(8-10-21)20-11-13-22(14-12-20)27(15-16-27)25(32)33/h2-14H,15-17H2,1H3,(H,28,34)(H,32,33). The Kier molecular flexibility index (Phi) is 5.78. The first kappa shape index (κ1) is 22.3. The Labute approximate surface area is 202 Å². The summed E-state index contributed by atoms with van der Waals surface area (Å²) in [4.78, 5) is 23.9. The van der Waals surface area contributed by atoms with Crippen LogP contribution in [0.2, 0.25) is 0 Å². The molecule has 0 unspecified atom stereocenters. The van der Waals surface area contributed by atoms with Gasteiger partial charge >= 0.3 is 12.1 Å². The number of carboxylic acid groups (broad SMARTS) is 1. The van der Waals surface area contributed by atoms with Gasteiger partial charge in [-0.2, -0.15) is 0 Å². The fourth-order valence-corrected chi connectivity index (χ4v) is 4.17. The number of benzene rings is 3. The van der Waals surface area contributed by atoms with E-state index in [0.717, 1.165) is 27.8 Å². The summed E-state index contributed by atoms with van der Waals surface area (Å²) in [5.74, 6) is -0.446. The Bertz CT molecular complexity index is 1360. The molecule has 35 heavy (non-hydrogen) atoms. The minimum absolute atomic E-state index is 0.156. The summed E-state index contributed by atoms with van der Waals surface area (Å²) < 4.78 is 6.89. The molecule has 1 aliphatic rings. The molecule has 1 saturated carbocycles. The van der Waals surface area contributed by atoms with E-state index in [1.54, 1.807) is 11.7 Å². The number of carboxylic acids is 1. The minimum Gasteiger partial charge on any atom is -0.481 e. The molecule has 0 radical (unpaired) electrons. The molecule has 1 heterocycles. The maximum atomic E-state index is 12.3. The molecule has 1 fully saturated rings. The van der Waals surface area contributed by atoms with Crippen LogP contribution < -0.4 is 5.32 Å². The van der Waals surface area contributed by atoms with Gasteiger partial charge in [0, 0.05) is 12.6 Å². The third-order valence-corrected chi connectivity index (χ3v) is 6.35. The van der Waals surface area contributed by atoms with Crippen LogP contribution in [0.4, 0.5) is 10.6 Å². The van der Waals surface area contributed by atoms with Crippen LogP contribution in [0.25, 0.3) is 22.4 Å². The number of nitrogens with zero attached hydrogens (tertiary/aromatic N) is 3. The number of aryl methyl sites for hydroxylation is 1. The monoisotopic (exact) mass is 468 g/mol. The highest BCUT2D eigenvalue weighted by Crippen LogP contribution is 2.48. The number of aliphatic carboxylic acids is 1. The summed E-state index contributed by atoms with van der Waals surface area (Å²) in [6, 6.07) is 24.9. The lowest BCUT2D eigenvalue weighted by molar-refractivity contribution is -0.140. The minimum atomic E-state index is -0.757. The van der Waals surface area contributed by atoms with E-state index in [2.05, 4.69) is 15.6 Å². The SMILES string of the molecule is Cn1nnc(NC(=O)OCc2ccccc2)c1-c1ccc(-c2ccc(C3(C(=O)O)CC3)cc2)cc1. The van der Waals surface area contributed by atoms with Gasteiger partial charge in [-0.25, -0.2) is 9.48 Å². The lowest BCUT2D eigenvalue weighted by Gasteiger charge is -2.11. The molecule has 4 aromatic rings. The summed E-state index contributed by atoms with van der Waals surface area (Å²) in [5, 5.41) is 20.3. The van der Waals surface area contributed by atoms with Gasteiger partial charge in [0.1, 0.15) is 12.3 Å². The van der Waals surface area contributed by atoms with Crippen molar-refractivity contribution in [3.63, 3.8) is 0 Å². The second-order valence-electron chi connectivity index (χ2n) is 8.64. The molecule has 176 valence electrons. The molecule has 1 amide bonds. The first-order chi connectivity index (χ1) is 17.0. The predicted octanol–water partition coefficient (Wildman–Crippen LogP) is 5.01. The van der Waals surface area contributed by atoms with Gasteiger partial charge in [0.2, 0.25) is 0 Å². The number of rotatable bonds is 7. The van der Waals surface area contributed by atoms with Crippen molar-refractivity contribution in [3.05, 3.63) is 90.0 Å². The number of nitrogens with one attached hydrogen (secondary N) is 1. The molecule has 5 rings (SSSR count). The van der Waals surface area contributed by atoms with Crippen LogP contribution in [0.3, 0.4) is 0 Å². The van der Waals surface area contributed by atoms with Gasteiger partial charge in [-0.15, -0.1) is 5.10 Å². The van der Waals surface area contributed by atoms with E-state index in [9.17, 15) is 14.7 Å². The van der Waals surface area contributed by atoms with Crippen LogP contribution >= 0.6 is 0 Å². The first-order valence-corrected chi connectivity index (χ1v) is 11.3. The number of hydrogen-bond donors (Lipinski definition) is 2. The molecule has 8 nitrogen and oxygen atoms in total. The van der Waals surface area contributed by atoms with E-state index in [-0.39, 0.29) is 6.61 Å². The highest BCUT2D eigenvalue weighted by atomic mass is 16.5. The van der Waals surface area contributed by atoms with Crippen molar-refractivity contribution in [1.82, 2.24) is 15.0 Å². The number of anilines is 1. The van der Waals surface area contributed by atoms with Gasteiger partial charge < -0.3 is 9.84 Å². The van der Waals surface area contributed by atoms with E-state index in [0.29, 0.717) is 24.4 Å². The van der Waals surface area contributed by atoms with Crippen molar-refractivity contribution in [3.8, 4) is 22.4 Å². The average Bonchev–Trinajstić information content (AvgIpc) is 3.63. The number of carbonyl (C=O) groups is 2. The van der Waals surface area contributed by atoms with Gasteiger partial charge in [-0.05, 0) is 35.1 Å². The number of carbonyl (C=O) groups excluding carboxylic acids is 1. The van der Waals surface area contributed by atoms with E-state index in [1.165, 1.54) is 0 Å². The van der Waals surface area contributed by atoms with Crippen molar-refractivity contribution >= 4 is 17.9 Å². The Hall–Kier alpha value is -4.46. The Morgan fingerprint density at radius 3 is 2.14 bits per heavy atom. The fourth-order valence-electron chi connectivity index (χ4n) is 4.17. The highest BCUT2D eigenvalue weighted by molar-refractivity contribution is 5.89. The van der Waals surface area contributed by atoms with Crippen molar-refractivity contribution in [1.29, 1.82) is 0 Å². The Morgan fingerprint density at radius 1 is 0.943 bits per heavy atom. The molecule has 0 atom stereocenters. The number of hydrogen-bond acceptors (Lipinski definition) is 5. The topological polar surface area (TPSA) is 106 Å². The summed E-state index contributed by atoms with van der Waals surface area (Å²) >= 11 is 0. The molecule has 2 N–H and O–H groups in total. The second-order valence-corrected chi connectivity index (χ2v) is 8.64. The second kappa shape index (κ2) is 9.06. The third-order valence-electron chi connectivity index (χ3n) is 6.35. The van der Waals surface area contributed by atoms with E-state index in [4.69, 9.17) is 4.74 Å². The zero-order valence-electron chi connectivity index (χ0n) is 19.1. The number of aromatic nitrogens is 3. The molecular formula is C27H24N4O4. The predicted molar refractivity (Wildman–Crippen MR) is 131 cm³/mol.